The molecule has 1 heterocycles. The maximum atomic E-state index is 12.4. The topological polar surface area (TPSA) is 64.9 Å². The van der Waals surface area contributed by atoms with Gasteiger partial charge in [0.05, 0.1) is 5.56 Å². The molecule has 1 aliphatic rings. The second-order valence-electron chi connectivity index (χ2n) is 8.40. The summed E-state index contributed by atoms with van der Waals surface area (Å²) >= 11 is 6.92. The third-order valence-electron chi connectivity index (χ3n) is 5.34. The minimum atomic E-state index is -0.256. The number of thiophene rings is 1. The Morgan fingerprint density at radius 1 is 1.36 bits per heavy atom. The Bertz CT molecular complexity index is 963. The number of amides is 1. The highest BCUT2D eigenvalue weighted by molar-refractivity contribution is 7.80. The van der Waals surface area contributed by atoms with Crippen LogP contribution in [-0.2, 0) is 12.8 Å². The fraction of sp³-hybridized carbons (Fsp3) is 0.409. The average molecular weight is 412 g/mol. The van der Waals surface area contributed by atoms with Crippen molar-refractivity contribution in [1.29, 1.82) is 5.26 Å². The lowest BCUT2D eigenvalue weighted by atomic mass is 9.72. The van der Waals surface area contributed by atoms with E-state index >= 15 is 0 Å². The van der Waals surface area contributed by atoms with Crippen LogP contribution in [0.4, 0.5) is 5.00 Å². The van der Waals surface area contributed by atoms with E-state index in [4.69, 9.17) is 12.2 Å². The number of nitrogens with zero attached hydrogens (tertiary/aromatic N) is 1. The summed E-state index contributed by atoms with van der Waals surface area (Å²) in [7, 11) is 0. The van der Waals surface area contributed by atoms with E-state index in [0.29, 0.717) is 17.0 Å². The number of aryl methyl sites for hydroxylation is 1. The quantitative estimate of drug-likeness (QED) is 0.666. The van der Waals surface area contributed by atoms with E-state index < -0.39 is 0 Å². The first kappa shape index (κ1) is 20.5. The summed E-state index contributed by atoms with van der Waals surface area (Å²) < 4.78 is 0. The second kappa shape index (κ2) is 8.02. The van der Waals surface area contributed by atoms with E-state index in [1.165, 1.54) is 4.88 Å². The van der Waals surface area contributed by atoms with E-state index in [9.17, 15) is 10.1 Å². The first-order valence-corrected chi connectivity index (χ1v) is 10.6. The van der Waals surface area contributed by atoms with Gasteiger partial charge in [0, 0.05) is 10.4 Å². The van der Waals surface area contributed by atoms with Gasteiger partial charge in [0.15, 0.2) is 5.11 Å². The molecule has 1 aliphatic carbocycles. The second-order valence-corrected chi connectivity index (χ2v) is 9.92. The molecule has 28 heavy (non-hydrogen) atoms. The Kier molecular flexibility index (Phi) is 5.87. The number of nitrogens with one attached hydrogen (secondary N) is 2. The van der Waals surface area contributed by atoms with Crippen molar-refractivity contribution in [3.63, 3.8) is 0 Å². The number of hydrogen-bond donors (Lipinski definition) is 2. The minimum Gasteiger partial charge on any atom is -0.323 e. The Hall–Kier alpha value is -2.23. The van der Waals surface area contributed by atoms with Gasteiger partial charge in [-0.3, -0.25) is 10.1 Å². The van der Waals surface area contributed by atoms with Crippen LogP contribution in [0.25, 0.3) is 0 Å². The molecule has 0 fully saturated rings. The van der Waals surface area contributed by atoms with Gasteiger partial charge in [-0.05, 0) is 67.4 Å². The molecule has 0 saturated carbocycles. The van der Waals surface area contributed by atoms with Crippen molar-refractivity contribution in [1.82, 2.24) is 5.32 Å². The molecule has 1 atom stereocenters. The number of fused-ring (bicyclic) bond motifs is 1. The molecule has 3 rings (SSSR count). The van der Waals surface area contributed by atoms with Crippen molar-refractivity contribution in [2.45, 2.75) is 47.0 Å². The van der Waals surface area contributed by atoms with Crippen molar-refractivity contribution in [3.05, 3.63) is 51.4 Å². The van der Waals surface area contributed by atoms with Crippen LogP contribution in [0.1, 0.15) is 59.1 Å². The van der Waals surface area contributed by atoms with Gasteiger partial charge in [0.25, 0.3) is 5.91 Å². The van der Waals surface area contributed by atoms with E-state index in [2.05, 4.69) is 37.5 Å². The Labute approximate surface area is 176 Å². The molecule has 1 amide bonds. The average Bonchev–Trinajstić information content (AvgIpc) is 2.96. The summed E-state index contributed by atoms with van der Waals surface area (Å²) in [5.41, 5.74) is 3.63. The van der Waals surface area contributed by atoms with Gasteiger partial charge < -0.3 is 5.32 Å². The molecule has 0 radical (unpaired) electrons. The molecule has 2 aromatic rings. The molecular weight excluding hydrogens is 386 g/mol. The number of thiocarbonyl (C=S) groups is 1. The molecule has 146 valence electrons. The predicted molar refractivity (Wildman–Crippen MR) is 119 cm³/mol. The van der Waals surface area contributed by atoms with Crippen molar-refractivity contribution < 1.29 is 4.79 Å². The van der Waals surface area contributed by atoms with Crippen LogP contribution in [-0.4, -0.2) is 11.0 Å². The molecule has 6 heteroatoms. The number of carbonyl (C=O) groups excluding carboxylic acids is 1. The van der Waals surface area contributed by atoms with Gasteiger partial charge in [-0.15, -0.1) is 11.3 Å². The fourth-order valence-electron chi connectivity index (χ4n) is 3.63. The highest BCUT2D eigenvalue weighted by atomic mass is 32.1. The SMILES string of the molecule is Cc1cccc(C(=O)NC(=S)Nc2sc3c(c2C#N)CCC(C(C)(C)C)C3)c1. The highest BCUT2D eigenvalue weighted by Gasteiger charge is 2.32. The van der Waals surface area contributed by atoms with Gasteiger partial charge in [-0.25, -0.2) is 0 Å². The van der Waals surface area contributed by atoms with Crippen LogP contribution in [0.3, 0.4) is 0 Å². The van der Waals surface area contributed by atoms with Gasteiger partial charge in [-0.1, -0.05) is 38.5 Å². The van der Waals surface area contributed by atoms with E-state index in [1.807, 2.05) is 25.1 Å². The maximum Gasteiger partial charge on any atom is 0.257 e. The van der Waals surface area contributed by atoms with Crippen molar-refractivity contribution in [3.8, 4) is 6.07 Å². The summed E-state index contributed by atoms with van der Waals surface area (Å²) in [6, 6.07) is 9.68. The van der Waals surface area contributed by atoms with Gasteiger partial charge in [-0.2, -0.15) is 5.26 Å². The number of hydrogen-bond acceptors (Lipinski definition) is 4. The number of carbonyl (C=O) groups is 1. The lowest BCUT2D eigenvalue weighted by Gasteiger charge is -2.33. The summed E-state index contributed by atoms with van der Waals surface area (Å²) in [6.45, 7) is 8.76. The van der Waals surface area contributed by atoms with E-state index in [0.717, 1.165) is 35.4 Å². The smallest absolute Gasteiger partial charge is 0.257 e. The summed E-state index contributed by atoms with van der Waals surface area (Å²) in [5, 5.41) is 16.4. The van der Waals surface area contributed by atoms with Crippen molar-refractivity contribution in [2.75, 3.05) is 5.32 Å². The largest absolute Gasteiger partial charge is 0.323 e. The van der Waals surface area contributed by atoms with Crippen LogP contribution in [0.2, 0.25) is 0 Å². The molecule has 0 saturated heterocycles. The van der Waals surface area contributed by atoms with Crippen LogP contribution in [0, 0.1) is 29.6 Å². The number of benzene rings is 1. The summed E-state index contributed by atoms with van der Waals surface area (Å²) in [6.07, 6.45) is 3.00. The predicted octanol–water partition coefficient (Wildman–Crippen LogP) is 5.21. The molecule has 2 N–H and O–H groups in total. The molecule has 0 spiro atoms. The molecule has 0 aliphatic heterocycles. The maximum absolute atomic E-state index is 12.4. The third kappa shape index (κ3) is 4.43. The molecule has 0 bridgehead atoms. The summed E-state index contributed by atoms with van der Waals surface area (Å²) in [5.74, 6) is 0.347. The minimum absolute atomic E-state index is 0.217. The highest BCUT2D eigenvalue weighted by Crippen LogP contribution is 2.43. The van der Waals surface area contributed by atoms with Crippen LogP contribution >= 0.6 is 23.6 Å². The monoisotopic (exact) mass is 411 g/mol. The Morgan fingerprint density at radius 3 is 2.75 bits per heavy atom. The lowest BCUT2D eigenvalue weighted by Crippen LogP contribution is -2.34. The number of nitriles is 1. The van der Waals surface area contributed by atoms with Gasteiger partial charge in [0.2, 0.25) is 0 Å². The zero-order chi connectivity index (χ0) is 20.5. The molecule has 1 aromatic carbocycles. The van der Waals surface area contributed by atoms with Crippen LogP contribution < -0.4 is 10.6 Å². The normalized spacial score (nSPS) is 16.0. The standard InChI is InChI=1S/C22H25N3OS2/c1-13-6-5-7-14(10-13)19(26)24-21(27)25-20-17(12-23)16-9-8-15(22(2,3)4)11-18(16)28-20/h5-7,10,15H,8-9,11H2,1-4H3,(H2,24,25,26,27). The summed E-state index contributed by atoms with van der Waals surface area (Å²) in [4.78, 5) is 13.7. The number of anilines is 1. The zero-order valence-electron chi connectivity index (χ0n) is 16.7. The molecule has 1 aromatic heterocycles. The fourth-order valence-corrected chi connectivity index (χ4v) is 5.17. The van der Waals surface area contributed by atoms with E-state index in [-0.39, 0.29) is 16.4 Å². The van der Waals surface area contributed by atoms with Gasteiger partial charge >= 0.3 is 0 Å². The Morgan fingerprint density at radius 2 is 2.11 bits per heavy atom. The van der Waals surface area contributed by atoms with E-state index in [1.54, 1.807) is 17.4 Å². The third-order valence-corrected chi connectivity index (χ3v) is 6.71. The van der Waals surface area contributed by atoms with Crippen LogP contribution in [0.5, 0.6) is 0 Å². The molecule has 1 unspecified atom stereocenters. The lowest BCUT2D eigenvalue weighted by molar-refractivity contribution is 0.0977. The Balaban J connectivity index is 1.74. The first-order valence-electron chi connectivity index (χ1n) is 9.42. The first-order chi connectivity index (χ1) is 13.2. The molecule has 4 nitrogen and oxygen atoms in total. The van der Waals surface area contributed by atoms with Crippen molar-refractivity contribution in [2.24, 2.45) is 11.3 Å². The zero-order valence-corrected chi connectivity index (χ0v) is 18.3. The van der Waals surface area contributed by atoms with Crippen LogP contribution in [0.15, 0.2) is 24.3 Å². The van der Waals surface area contributed by atoms with Gasteiger partial charge in [0.1, 0.15) is 11.1 Å². The van der Waals surface area contributed by atoms with Crippen molar-refractivity contribution >= 4 is 39.6 Å². The number of rotatable bonds is 2. The molecular formula is C22H25N3OS2.